The van der Waals surface area contributed by atoms with Gasteiger partial charge in [-0.1, -0.05) is 32.6 Å². The molecule has 0 aromatic heterocycles. The van der Waals surface area contributed by atoms with Gasteiger partial charge in [-0.15, -0.1) is 0 Å². The monoisotopic (exact) mass is 194 g/mol. The van der Waals surface area contributed by atoms with Crippen molar-refractivity contribution in [1.82, 2.24) is 0 Å². The van der Waals surface area contributed by atoms with Crippen molar-refractivity contribution in [2.24, 2.45) is 0 Å². The molecule has 1 heterocycles. The Morgan fingerprint density at radius 3 is 2.71 bits per heavy atom. The van der Waals surface area contributed by atoms with Crippen LogP contribution in [-0.4, -0.2) is 6.61 Å². The summed E-state index contributed by atoms with van der Waals surface area (Å²) in [6.45, 7) is 5.14. The molecule has 0 aliphatic carbocycles. The molecule has 0 saturated heterocycles. The third-order valence-electron chi connectivity index (χ3n) is 2.65. The molecule has 0 aromatic rings. The lowest BCUT2D eigenvalue weighted by Crippen LogP contribution is -1.84. The number of allylic oxidation sites excluding steroid dienone is 2. The molecule has 0 bridgehead atoms. The van der Waals surface area contributed by atoms with E-state index in [4.69, 9.17) is 4.74 Å². The molecule has 1 aliphatic heterocycles. The zero-order chi connectivity index (χ0) is 10.2. The van der Waals surface area contributed by atoms with Crippen LogP contribution in [0.25, 0.3) is 0 Å². The predicted octanol–water partition coefficient (Wildman–Crippen LogP) is 4.21. The lowest BCUT2D eigenvalue weighted by Gasteiger charge is -2.01. The summed E-state index contributed by atoms with van der Waals surface area (Å²) >= 11 is 0. The van der Waals surface area contributed by atoms with Crippen LogP contribution in [0.3, 0.4) is 0 Å². The number of rotatable bonds is 6. The van der Waals surface area contributed by atoms with E-state index in [0.717, 1.165) is 12.4 Å². The van der Waals surface area contributed by atoms with Gasteiger partial charge in [-0.05, 0) is 37.5 Å². The number of hydrogen-bond donors (Lipinski definition) is 0. The molecular formula is C13H22O. The maximum absolute atomic E-state index is 5.46. The first-order valence-corrected chi connectivity index (χ1v) is 5.84. The highest BCUT2D eigenvalue weighted by atomic mass is 16.5. The van der Waals surface area contributed by atoms with Gasteiger partial charge < -0.3 is 4.74 Å². The van der Waals surface area contributed by atoms with E-state index in [1.165, 1.54) is 44.1 Å². The Labute approximate surface area is 87.8 Å². The van der Waals surface area contributed by atoms with Crippen LogP contribution < -0.4 is 0 Å². The Morgan fingerprint density at radius 2 is 2.07 bits per heavy atom. The summed E-state index contributed by atoms with van der Waals surface area (Å²) in [6, 6.07) is 0. The zero-order valence-corrected chi connectivity index (χ0v) is 9.51. The fourth-order valence-electron chi connectivity index (χ4n) is 1.67. The van der Waals surface area contributed by atoms with Crippen molar-refractivity contribution in [3.05, 3.63) is 23.5 Å². The molecule has 0 unspecified atom stereocenters. The maximum atomic E-state index is 5.46. The lowest BCUT2D eigenvalue weighted by atomic mass is 10.1. The summed E-state index contributed by atoms with van der Waals surface area (Å²) < 4.78 is 5.46. The van der Waals surface area contributed by atoms with Gasteiger partial charge in [0, 0.05) is 0 Å². The normalized spacial score (nSPS) is 18.4. The van der Waals surface area contributed by atoms with Crippen molar-refractivity contribution in [2.75, 3.05) is 6.61 Å². The highest BCUT2D eigenvalue weighted by Gasteiger charge is 2.06. The van der Waals surface area contributed by atoms with Gasteiger partial charge in [0.2, 0.25) is 0 Å². The van der Waals surface area contributed by atoms with Crippen LogP contribution in [0.1, 0.15) is 52.4 Å². The van der Waals surface area contributed by atoms with Crippen LogP contribution in [0.4, 0.5) is 0 Å². The van der Waals surface area contributed by atoms with Crippen LogP contribution in [0.15, 0.2) is 23.5 Å². The van der Waals surface area contributed by atoms with Gasteiger partial charge in [0.25, 0.3) is 0 Å². The Hall–Kier alpha value is -0.720. The molecule has 14 heavy (non-hydrogen) atoms. The Balaban J connectivity index is 2.05. The molecule has 0 N–H and O–H groups in total. The van der Waals surface area contributed by atoms with E-state index in [2.05, 4.69) is 26.0 Å². The number of unbranched alkanes of at least 4 members (excludes halogenated alkanes) is 5. The molecule has 0 fully saturated rings. The minimum atomic E-state index is 0.771. The van der Waals surface area contributed by atoms with Crippen LogP contribution in [-0.2, 0) is 4.74 Å². The topological polar surface area (TPSA) is 9.23 Å². The molecule has 1 heteroatoms. The number of hydrogen-bond acceptors (Lipinski definition) is 1. The Bertz CT molecular complexity index is 213. The second-order valence-electron chi connectivity index (χ2n) is 3.97. The van der Waals surface area contributed by atoms with Gasteiger partial charge in [0.1, 0.15) is 12.4 Å². The average molecular weight is 194 g/mol. The van der Waals surface area contributed by atoms with E-state index in [1.54, 1.807) is 0 Å². The second kappa shape index (κ2) is 6.69. The minimum absolute atomic E-state index is 0.771. The molecule has 1 aliphatic rings. The van der Waals surface area contributed by atoms with Gasteiger partial charge in [0.15, 0.2) is 0 Å². The zero-order valence-electron chi connectivity index (χ0n) is 9.51. The van der Waals surface area contributed by atoms with Gasteiger partial charge in [-0.25, -0.2) is 0 Å². The second-order valence-corrected chi connectivity index (χ2v) is 3.97. The van der Waals surface area contributed by atoms with Crippen molar-refractivity contribution in [3.8, 4) is 0 Å². The molecule has 0 saturated carbocycles. The summed E-state index contributed by atoms with van der Waals surface area (Å²) in [5, 5.41) is 0. The van der Waals surface area contributed by atoms with E-state index in [1.807, 2.05) is 0 Å². The van der Waals surface area contributed by atoms with E-state index < -0.39 is 0 Å². The van der Waals surface area contributed by atoms with Crippen molar-refractivity contribution >= 4 is 0 Å². The van der Waals surface area contributed by atoms with Crippen molar-refractivity contribution in [3.63, 3.8) is 0 Å². The fourth-order valence-corrected chi connectivity index (χ4v) is 1.67. The van der Waals surface area contributed by atoms with Crippen LogP contribution in [0, 0.1) is 0 Å². The van der Waals surface area contributed by atoms with Crippen LogP contribution >= 0.6 is 0 Å². The lowest BCUT2D eigenvalue weighted by molar-refractivity contribution is 0.274. The first-order chi connectivity index (χ1) is 6.84. The summed E-state index contributed by atoms with van der Waals surface area (Å²) in [5.74, 6) is 1.11. The molecule has 0 radical (unpaired) electrons. The van der Waals surface area contributed by atoms with E-state index in [9.17, 15) is 0 Å². The van der Waals surface area contributed by atoms with Gasteiger partial charge >= 0.3 is 0 Å². The first-order valence-electron chi connectivity index (χ1n) is 5.84. The molecular weight excluding hydrogens is 172 g/mol. The van der Waals surface area contributed by atoms with Gasteiger partial charge in [-0.2, -0.15) is 0 Å². The van der Waals surface area contributed by atoms with Crippen LogP contribution in [0.2, 0.25) is 0 Å². The first kappa shape index (κ1) is 11.4. The van der Waals surface area contributed by atoms with E-state index >= 15 is 0 Å². The van der Waals surface area contributed by atoms with Crippen molar-refractivity contribution in [2.45, 2.75) is 52.4 Å². The summed E-state index contributed by atoms with van der Waals surface area (Å²) in [6.07, 6.45) is 12.3. The number of ether oxygens (including phenoxy) is 1. The SMILES string of the molecule is CCCCCCC/C=C1/OCC=C1C. The molecule has 0 atom stereocenters. The molecule has 1 rings (SSSR count). The summed E-state index contributed by atoms with van der Waals surface area (Å²) in [4.78, 5) is 0. The maximum Gasteiger partial charge on any atom is 0.118 e. The highest BCUT2D eigenvalue weighted by molar-refractivity contribution is 5.27. The highest BCUT2D eigenvalue weighted by Crippen LogP contribution is 2.18. The molecule has 1 nitrogen and oxygen atoms in total. The Kier molecular flexibility index (Phi) is 5.43. The van der Waals surface area contributed by atoms with Crippen LogP contribution in [0.5, 0.6) is 0 Å². The van der Waals surface area contributed by atoms with Gasteiger partial charge in [0.05, 0.1) is 0 Å². The quantitative estimate of drug-likeness (QED) is 0.576. The summed E-state index contributed by atoms with van der Waals surface area (Å²) in [5.41, 5.74) is 1.30. The predicted molar refractivity (Wildman–Crippen MR) is 61.2 cm³/mol. The van der Waals surface area contributed by atoms with Crippen molar-refractivity contribution in [1.29, 1.82) is 0 Å². The largest absolute Gasteiger partial charge is 0.490 e. The third kappa shape index (κ3) is 3.99. The molecule has 0 aromatic carbocycles. The minimum Gasteiger partial charge on any atom is -0.490 e. The Morgan fingerprint density at radius 1 is 1.29 bits per heavy atom. The van der Waals surface area contributed by atoms with Gasteiger partial charge in [-0.3, -0.25) is 0 Å². The molecule has 0 amide bonds. The summed E-state index contributed by atoms with van der Waals surface area (Å²) in [7, 11) is 0. The fraction of sp³-hybridized carbons (Fsp3) is 0.692. The molecule has 80 valence electrons. The van der Waals surface area contributed by atoms with E-state index in [-0.39, 0.29) is 0 Å². The van der Waals surface area contributed by atoms with E-state index in [0.29, 0.717) is 0 Å². The molecule has 0 spiro atoms. The van der Waals surface area contributed by atoms with Crippen molar-refractivity contribution < 1.29 is 4.74 Å². The third-order valence-corrected chi connectivity index (χ3v) is 2.65. The standard InChI is InChI=1S/C13H22O/c1-3-4-5-6-7-8-9-13-12(2)10-11-14-13/h9-10H,3-8,11H2,1-2H3/b13-9+. The average Bonchev–Trinajstić information content (AvgIpc) is 2.58. The smallest absolute Gasteiger partial charge is 0.118 e.